The maximum absolute atomic E-state index is 10.9. The van der Waals surface area contributed by atoms with Gasteiger partial charge in [0.25, 0.3) is 0 Å². The van der Waals surface area contributed by atoms with Crippen molar-refractivity contribution in [2.75, 3.05) is 13.7 Å². The Morgan fingerprint density at radius 2 is 1.72 bits per heavy atom. The van der Waals surface area contributed by atoms with E-state index in [-0.39, 0.29) is 12.1 Å². The van der Waals surface area contributed by atoms with Gasteiger partial charge in [0.05, 0.1) is 13.7 Å². The second kappa shape index (κ2) is 13.5. The van der Waals surface area contributed by atoms with E-state index in [0.29, 0.717) is 6.61 Å². The van der Waals surface area contributed by atoms with E-state index in [1.807, 2.05) is 24.3 Å². The van der Waals surface area contributed by atoms with Crippen molar-refractivity contribution < 1.29 is 19.0 Å². The third-order valence-corrected chi connectivity index (χ3v) is 4.04. The van der Waals surface area contributed by atoms with Gasteiger partial charge < -0.3 is 14.2 Å². The van der Waals surface area contributed by atoms with Crippen LogP contribution < -0.4 is 4.74 Å². The van der Waals surface area contributed by atoms with Gasteiger partial charge in [-0.1, -0.05) is 50.5 Å². The summed E-state index contributed by atoms with van der Waals surface area (Å²) >= 11 is 0. The quantitative estimate of drug-likeness (QED) is 0.268. The van der Waals surface area contributed by atoms with Crippen molar-refractivity contribution in [2.45, 2.75) is 64.6 Å². The molecule has 0 saturated heterocycles. The van der Waals surface area contributed by atoms with Crippen molar-refractivity contribution in [1.82, 2.24) is 0 Å². The first-order chi connectivity index (χ1) is 12.2. The summed E-state index contributed by atoms with van der Waals surface area (Å²) in [6, 6.07) is 7.98. The van der Waals surface area contributed by atoms with E-state index in [1.165, 1.54) is 31.7 Å². The van der Waals surface area contributed by atoms with E-state index in [0.717, 1.165) is 38.0 Å². The number of unbranched alkanes of at least 4 members (excludes halogenated alkanes) is 5. The third kappa shape index (κ3) is 10.6. The van der Waals surface area contributed by atoms with Crippen LogP contribution in [-0.2, 0) is 20.9 Å². The summed E-state index contributed by atoms with van der Waals surface area (Å²) in [5.74, 6) is 0.635. The Hall–Kier alpha value is -1.81. The lowest BCUT2D eigenvalue weighted by Gasteiger charge is -2.12. The van der Waals surface area contributed by atoms with Gasteiger partial charge in [-0.25, -0.2) is 0 Å². The summed E-state index contributed by atoms with van der Waals surface area (Å²) in [6.45, 7) is 6.60. The molecule has 0 N–H and O–H groups in total. The Kier molecular flexibility index (Phi) is 11.4. The summed E-state index contributed by atoms with van der Waals surface area (Å²) < 4.78 is 16.0. The molecule has 1 aromatic rings. The lowest BCUT2D eigenvalue weighted by atomic mass is 10.1. The van der Waals surface area contributed by atoms with Crippen LogP contribution in [0.2, 0.25) is 0 Å². The standard InChI is InChI=1S/C21H32O4/c1-4-20(25-18(2)22)11-9-7-5-6-8-10-16-24-17-19-12-14-21(23-3)15-13-19/h4,12-15,20H,1,5-11,16-17H2,2-3H3/t20-/m1/s1. The normalized spacial score (nSPS) is 11.8. The van der Waals surface area contributed by atoms with Crippen LogP contribution in [0, 0.1) is 0 Å². The number of esters is 1. The molecule has 0 aliphatic rings. The molecule has 0 aliphatic carbocycles. The number of hydrogen-bond acceptors (Lipinski definition) is 4. The molecule has 0 saturated carbocycles. The molecule has 0 unspecified atom stereocenters. The van der Waals surface area contributed by atoms with Gasteiger partial charge in [-0.3, -0.25) is 4.79 Å². The molecule has 0 amide bonds. The number of carbonyl (C=O) groups is 1. The molecule has 1 rings (SSSR count). The fourth-order valence-corrected chi connectivity index (χ4v) is 2.61. The first-order valence-corrected chi connectivity index (χ1v) is 9.16. The van der Waals surface area contributed by atoms with Crippen molar-refractivity contribution in [2.24, 2.45) is 0 Å². The largest absolute Gasteiger partial charge is 0.497 e. The predicted molar refractivity (Wildman–Crippen MR) is 101 cm³/mol. The topological polar surface area (TPSA) is 44.8 Å². The lowest BCUT2D eigenvalue weighted by Crippen LogP contribution is -2.13. The third-order valence-electron chi connectivity index (χ3n) is 4.04. The molecule has 140 valence electrons. The second-order valence-electron chi connectivity index (χ2n) is 6.19. The van der Waals surface area contributed by atoms with Gasteiger partial charge in [0, 0.05) is 13.5 Å². The molecule has 1 atom stereocenters. The van der Waals surface area contributed by atoms with Gasteiger partial charge in [-0.15, -0.1) is 0 Å². The molecule has 0 radical (unpaired) electrons. The molecule has 0 spiro atoms. The van der Waals surface area contributed by atoms with Crippen molar-refractivity contribution in [1.29, 1.82) is 0 Å². The summed E-state index contributed by atoms with van der Waals surface area (Å²) in [6.07, 6.45) is 9.40. The van der Waals surface area contributed by atoms with Crippen LogP contribution in [0.5, 0.6) is 5.75 Å². The van der Waals surface area contributed by atoms with E-state index in [2.05, 4.69) is 6.58 Å². The molecule has 0 fully saturated rings. The van der Waals surface area contributed by atoms with E-state index < -0.39 is 0 Å². The number of rotatable bonds is 14. The minimum Gasteiger partial charge on any atom is -0.497 e. The molecule has 25 heavy (non-hydrogen) atoms. The monoisotopic (exact) mass is 348 g/mol. The van der Waals surface area contributed by atoms with Crippen LogP contribution in [0.15, 0.2) is 36.9 Å². The van der Waals surface area contributed by atoms with Gasteiger partial charge in [0.1, 0.15) is 11.9 Å². The molecule has 1 aromatic carbocycles. The highest BCUT2D eigenvalue weighted by molar-refractivity contribution is 5.66. The summed E-state index contributed by atoms with van der Waals surface area (Å²) in [4.78, 5) is 10.9. The van der Waals surface area contributed by atoms with Crippen molar-refractivity contribution in [3.05, 3.63) is 42.5 Å². The van der Waals surface area contributed by atoms with Crippen molar-refractivity contribution in [3.63, 3.8) is 0 Å². The SMILES string of the molecule is C=C[C@H](CCCCCCCCOCc1ccc(OC)cc1)OC(C)=O. The number of ether oxygens (including phenoxy) is 3. The zero-order valence-electron chi connectivity index (χ0n) is 15.7. The summed E-state index contributed by atoms with van der Waals surface area (Å²) in [5.41, 5.74) is 1.17. The van der Waals surface area contributed by atoms with Gasteiger partial charge in [0.15, 0.2) is 0 Å². The zero-order chi connectivity index (χ0) is 18.3. The Morgan fingerprint density at radius 1 is 1.08 bits per heavy atom. The number of hydrogen-bond donors (Lipinski definition) is 0. The van der Waals surface area contributed by atoms with E-state index in [1.54, 1.807) is 13.2 Å². The first-order valence-electron chi connectivity index (χ1n) is 9.16. The number of carbonyl (C=O) groups excluding carboxylic acids is 1. The lowest BCUT2D eigenvalue weighted by molar-refractivity contribution is -0.144. The molecule has 0 aromatic heterocycles. The summed E-state index contributed by atoms with van der Waals surface area (Å²) in [7, 11) is 1.67. The Bertz CT molecular complexity index is 481. The summed E-state index contributed by atoms with van der Waals surface area (Å²) in [5, 5.41) is 0. The van der Waals surface area contributed by atoms with Crippen LogP contribution in [-0.4, -0.2) is 25.8 Å². The fraction of sp³-hybridized carbons (Fsp3) is 0.571. The van der Waals surface area contributed by atoms with Gasteiger partial charge in [-0.2, -0.15) is 0 Å². The number of methoxy groups -OCH3 is 1. The van der Waals surface area contributed by atoms with Crippen molar-refractivity contribution in [3.8, 4) is 5.75 Å². The maximum atomic E-state index is 10.9. The van der Waals surface area contributed by atoms with E-state index >= 15 is 0 Å². The average molecular weight is 348 g/mol. The molecular formula is C21H32O4. The number of benzene rings is 1. The minimum atomic E-state index is -0.237. The van der Waals surface area contributed by atoms with Gasteiger partial charge >= 0.3 is 5.97 Å². The average Bonchev–Trinajstić information content (AvgIpc) is 2.62. The predicted octanol–water partition coefficient (Wildman–Crippen LogP) is 5.06. The molecule has 0 aliphatic heterocycles. The fourth-order valence-electron chi connectivity index (χ4n) is 2.61. The van der Waals surface area contributed by atoms with E-state index in [4.69, 9.17) is 14.2 Å². The zero-order valence-corrected chi connectivity index (χ0v) is 15.7. The minimum absolute atomic E-state index is 0.135. The van der Waals surface area contributed by atoms with Crippen LogP contribution in [0.4, 0.5) is 0 Å². The van der Waals surface area contributed by atoms with Crippen LogP contribution in [0.25, 0.3) is 0 Å². The van der Waals surface area contributed by atoms with E-state index in [9.17, 15) is 4.79 Å². The Balaban J connectivity index is 1.93. The van der Waals surface area contributed by atoms with Crippen LogP contribution in [0.1, 0.15) is 57.4 Å². The highest BCUT2D eigenvalue weighted by Crippen LogP contribution is 2.13. The smallest absolute Gasteiger partial charge is 0.303 e. The first kappa shape index (κ1) is 21.2. The molecule has 4 heteroatoms. The molecule has 0 bridgehead atoms. The molecule has 4 nitrogen and oxygen atoms in total. The highest BCUT2D eigenvalue weighted by atomic mass is 16.5. The van der Waals surface area contributed by atoms with Crippen LogP contribution >= 0.6 is 0 Å². The Labute approximate surface area is 152 Å². The molecular weight excluding hydrogens is 316 g/mol. The maximum Gasteiger partial charge on any atom is 0.303 e. The molecule has 0 heterocycles. The highest BCUT2D eigenvalue weighted by Gasteiger charge is 2.06. The van der Waals surface area contributed by atoms with Gasteiger partial charge in [-0.05, 0) is 37.0 Å². The van der Waals surface area contributed by atoms with Crippen molar-refractivity contribution >= 4 is 5.97 Å². The Morgan fingerprint density at radius 3 is 2.32 bits per heavy atom. The van der Waals surface area contributed by atoms with Gasteiger partial charge in [0.2, 0.25) is 0 Å². The second-order valence-corrected chi connectivity index (χ2v) is 6.19. The van der Waals surface area contributed by atoms with Crippen LogP contribution in [0.3, 0.4) is 0 Å².